The molecular formula is C12H19NO4S. The Morgan fingerprint density at radius 2 is 2.00 bits per heavy atom. The second-order valence-electron chi connectivity index (χ2n) is 3.90. The lowest BCUT2D eigenvalue weighted by molar-refractivity contribution is 0.310. The first-order chi connectivity index (χ1) is 8.43. The number of methoxy groups -OCH3 is 1. The van der Waals surface area contributed by atoms with E-state index in [-0.39, 0.29) is 6.54 Å². The zero-order chi connectivity index (χ0) is 13.8. The van der Waals surface area contributed by atoms with E-state index in [0.29, 0.717) is 23.7 Å². The molecule has 0 saturated carbocycles. The molecule has 0 heterocycles. The molecule has 0 spiro atoms. The molecule has 0 radical (unpaired) electrons. The molecule has 18 heavy (non-hydrogen) atoms. The summed E-state index contributed by atoms with van der Waals surface area (Å²) in [6.07, 6.45) is 1.18. The Kier molecular flexibility index (Phi) is 4.98. The van der Waals surface area contributed by atoms with Gasteiger partial charge in [-0.1, -0.05) is 6.07 Å². The van der Waals surface area contributed by atoms with Gasteiger partial charge in [-0.2, -0.15) is 0 Å². The molecule has 0 aliphatic rings. The van der Waals surface area contributed by atoms with E-state index >= 15 is 0 Å². The minimum atomic E-state index is -3.24. The number of hydrogen-bond donors (Lipinski definition) is 1. The van der Waals surface area contributed by atoms with Crippen LogP contribution in [-0.4, -0.2) is 34.9 Å². The summed E-state index contributed by atoms with van der Waals surface area (Å²) < 4.78 is 33.8. The van der Waals surface area contributed by atoms with Crippen molar-refractivity contribution in [2.24, 2.45) is 5.73 Å². The van der Waals surface area contributed by atoms with E-state index in [2.05, 4.69) is 0 Å². The van der Waals surface area contributed by atoms with Gasteiger partial charge in [0.1, 0.15) is 0 Å². The van der Waals surface area contributed by atoms with Crippen molar-refractivity contribution in [3.63, 3.8) is 0 Å². The first-order valence-corrected chi connectivity index (χ1v) is 7.59. The maximum atomic E-state index is 11.6. The van der Waals surface area contributed by atoms with Gasteiger partial charge in [-0.25, -0.2) is 8.42 Å². The summed E-state index contributed by atoms with van der Waals surface area (Å²) in [5.74, 6) is 1.10. The standard InChI is InChI=1S/C12H19NO4S/c1-4-17-11-7-9(5-6-10(11)16-2)12(8-13)18(3,14)15/h5-7,12H,4,8,13H2,1-3H3/t12-/m1/s1. The van der Waals surface area contributed by atoms with Gasteiger partial charge in [0.2, 0.25) is 0 Å². The van der Waals surface area contributed by atoms with Crippen LogP contribution in [0.3, 0.4) is 0 Å². The first-order valence-electron chi connectivity index (χ1n) is 5.63. The fourth-order valence-corrected chi connectivity index (χ4v) is 2.71. The van der Waals surface area contributed by atoms with Gasteiger partial charge in [0.05, 0.1) is 19.0 Å². The number of sulfone groups is 1. The van der Waals surface area contributed by atoms with Crippen LogP contribution in [-0.2, 0) is 9.84 Å². The lowest BCUT2D eigenvalue weighted by atomic mass is 10.1. The Morgan fingerprint density at radius 3 is 2.44 bits per heavy atom. The van der Waals surface area contributed by atoms with Crippen molar-refractivity contribution in [1.29, 1.82) is 0 Å². The highest BCUT2D eigenvalue weighted by molar-refractivity contribution is 7.91. The second-order valence-corrected chi connectivity index (χ2v) is 6.13. The lowest BCUT2D eigenvalue weighted by Gasteiger charge is -2.16. The molecule has 1 rings (SSSR count). The highest BCUT2D eigenvalue weighted by Gasteiger charge is 2.22. The fourth-order valence-electron chi connectivity index (χ4n) is 1.72. The molecule has 1 atom stereocenters. The third kappa shape index (κ3) is 3.36. The Balaban J connectivity index is 3.21. The van der Waals surface area contributed by atoms with Crippen molar-refractivity contribution < 1.29 is 17.9 Å². The number of benzene rings is 1. The molecule has 0 unspecified atom stereocenters. The summed E-state index contributed by atoms with van der Waals surface area (Å²) in [7, 11) is -1.70. The smallest absolute Gasteiger partial charge is 0.161 e. The predicted octanol–water partition coefficient (Wildman–Crippen LogP) is 1.14. The Bertz CT molecular complexity index is 499. The monoisotopic (exact) mass is 273 g/mol. The summed E-state index contributed by atoms with van der Waals surface area (Å²) in [4.78, 5) is 0. The average Bonchev–Trinajstić information content (AvgIpc) is 2.29. The van der Waals surface area contributed by atoms with Crippen LogP contribution in [0.4, 0.5) is 0 Å². The molecule has 0 bridgehead atoms. The van der Waals surface area contributed by atoms with Gasteiger partial charge in [-0.3, -0.25) is 0 Å². The van der Waals surface area contributed by atoms with E-state index in [9.17, 15) is 8.42 Å². The molecule has 0 saturated heterocycles. The van der Waals surface area contributed by atoms with Gasteiger partial charge in [-0.05, 0) is 24.6 Å². The Labute approximate surface area is 108 Å². The average molecular weight is 273 g/mol. The van der Waals surface area contributed by atoms with Crippen LogP contribution in [0.2, 0.25) is 0 Å². The van der Waals surface area contributed by atoms with E-state index in [1.165, 1.54) is 13.4 Å². The van der Waals surface area contributed by atoms with E-state index in [1.54, 1.807) is 18.2 Å². The number of hydrogen-bond acceptors (Lipinski definition) is 5. The van der Waals surface area contributed by atoms with Crippen LogP contribution in [0.1, 0.15) is 17.7 Å². The molecular weight excluding hydrogens is 254 g/mol. The molecule has 5 nitrogen and oxygen atoms in total. The molecule has 0 aliphatic heterocycles. The summed E-state index contributed by atoms with van der Waals surface area (Å²) in [6.45, 7) is 2.37. The van der Waals surface area contributed by atoms with Crippen LogP contribution in [0.5, 0.6) is 11.5 Å². The highest BCUT2D eigenvalue weighted by Crippen LogP contribution is 2.32. The van der Waals surface area contributed by atoms with Crippen LogP contribution in [0.15, 0.2) is 18.2 Å². The van der Waals surface area contributed by atoms with E-state index in [4.69, 9.17) is 15.2 Å². The molecule has 1 aromatic rings. The van der Waals surface area contributed by atoms with Crippen molar-refractivity contribution in [3.05, 3.63) is 23.8 Å². The molecule has 6 heteroatoms. The van der Waals surface area contributed by atoms with E-state index < -0.39 is 15.1 Å². The highest BCUT2D eigenvalue weighted by atomic mass is 32.2. The van der Waals surface area contributed by atoms with Crippen LogP contribution in [0, 0.1) is 0 Å². The molecule has 2 N–H and O–H groups in total. The summed E-state index contributed by atoms with van der Waals surface area (Å²) in [5, 5.41) is -0.720. The molecule has 0 aromatic heterocycles. The van der Waals surface area contributed by atoms with Crippen LogP contribution in [0.25, 0.3) is 0 Å². The topological polar surface area (TPSA) is 78.6 Å². The van der Waals surface area contributed by atoms with E-state index in [1.807, 2.05) is 6.92 Å². The number of ether oxygens (including phenoxy) is 2. The minimum Gasteiger partial charge on any atom is -0.493 e. The zero-order valence-electron chi connectivity index (χ0n) is 10.8. The lowest BCUT2D eigenvalue weighted by Crippen LogP contribution is -2.21. The Hall–Kier alpha value is -1.27. The third-order valence-corrected chi connectivity index (χ3v) is 4.09. The molecule has 102 valence electrons. The number of nitrogens with two attached hydrogens (primary N) is 1. The Morgan fingerprint density at radius 1 is 1.33 bits per heavy atom. The van der Waals surface area contributed by atoms with Gasteiger partial charge in [0.15, 0.2) is 21.3 Å². The summed E-state index contributed by atoms with van der Waals surface area (Å²) in [6, 6.07) is 5.05. The number of rotatable bonds is 6. The summed E-state index contributed by atoms with van der Waals surface area (Å²) >= 11 is 0. The van der Waals surface area contributed by atoms with Gasteiger partial charge in [-0.15, -0.1) is 0 Å². The summed E-state index contributed by atoms with van der Waals surface area (Å²) in [5.41, 5.74) is 6.15. The normalized spacial score (nSPS) is 13.1. The quantitative estimate of drug-likeness (QED) is 0.840. The largest absolute Gasteiger partial charge is 0.493 e. The molecule has 0 fully saturated rings. The fraction of sp³-hybridized carbons (Fsp3) is 0.500. The van der Waals surface area contributed by atoms with Gasteiger partial charge >= 0.3 is 0 Å². The first kappa shape index (κ1) is 14.8. The third-order valence-electron chi connectivity index (χ3n) is 2.59. The maximum Gasteiger partial charge on any atom is 0.161 e. The van der Waals surface area contributed by atoms with Crippen LogP contribution < -0.4 is 15.2 Å². The van der Waals surface area contributed by atoms with Crippen molar-refractivity contribution >= 4 is 9.84 Å². The molecule has 1 aromatic carbocycles. The molecule has 0 aliphatic carbocycles. The van der Waals surface area contributed by atoms with Gasteiger partial charge < -0.3 is 15.2 Å². The van der Waals surface area contributed by atoms with Crippen molar-refractivity contribution in [1.82, 2.24) is 0 Å². The van der Waals surface area contributed by atoms with Gasteiger partial charge in [0, 0.05) is 12.8 Å². The SMILES string of the molecule is CCOc1cc([C@@H](CN)S(C)(=O)=O)ccc1OC. The zero-order valence-corrected chi connectivity index (χ0v) is 11.7. The second kappa shape index (κ2) is 6.06. The molecule has 0 amide bonds. The van der Waals surface area contributed by atoms with E-state index in [0.717, 1.165) is 0 Å². The van der Waals surface area contributed by atoms with Crippen molar-refractivity contribution in [3.8, 4) is 11.5 Å². The predicted molar refractivity (Wildman–Crippen MR) is 70.8 cm³/mol. The minimum absolute atomic E-state index is 0.0384. The van der Waals surface area contributed by atoms with Gasteiger partial charge in [0.25, 0.3) is 0 Å². The maximum absolute atomic E-state index is 11.6. The van der Waals surface area contributed by atoms with Crippen molar-refractivity contribution in [2.75, 3.05) is 26.5 Å². The van der Waals surface area contributed by atoms with Crippen LogP contribution >= 0.6 is 0 Å². The van der Waals surface area contributed by atoms with Crippen molar-refractivity contribution in [2.45, 2.75) is 12.2 Å².